The van der Waals surface area contributed by atoms with Crippen LogP contribution in [0, 0.1) is 19.8 Å². The summed E-state index contributed by atoms with van der Waals surface area (Å²) in [6, 6.07) is 1.86. The Morgan fingerprint density at radius 1 is 1.19 bits per heavy atom. The quantitative estimate of drug-likeness (QED) is 0.336. The van der Waals surface area contributed by atoms with Gasteiger partial charge in [0, 0.05) is 12.1 Å². The number of hydrogen-bond acceptors (Lipinski definition) is 10. The summed E-state index contributed by atoms with van der Waals surface area (Å²) in [7, 11) is 0. The van der Waals surface area contributed by atoms with E-state index in [2.05, 4.69) is 15.3 Å². The van der Waals surface area contributed by atoms with Crippen molar-refractivity contribution in [3.63, 3.8) is 0 Å². The number of hydrogen-bond donors (Lipinski definition) is 1. The molecule has 0 aromatic carbocycles. The molecule has 5 rings (SSSR count). The van der Waals surface area contributed by atoms with Crippen LogP contribution in [0.1, 0.15) is 31.7 Å². The van der Waals surface area contributed by atoms with E-state index in [0.29, 0.717) is 17.4 Å². The summed E-state index contributed by atoms with van der Waals surface area (Å²) in [5.74, 6) is -0.236. The second-order valence-electron chi connectivity index (χ2n) is 8.63. The van der Waals surface area contributed by atoms with Crippen molar-refractivity contribution < 1.29 is 14.3 Å². The lowest BCUT2D eigenvalue weighted by molar-refractivity contribution is -0.157. The zero-order valence-corrected chi connectivity index (χ0v) is 20.2. The van der Waals surface area contributed by atoms with Gasteiger partial charge in [0.25, 0.3) is 0 Å². The molecular weight excluding hydrogens is 446 g/mol. The first-order valence-electron chi connectivity index (χ1n) is 10.5. The van der Waals surface area contributed by atoms with E-state index >= 15 is 0 Å². The van der Waals surface area contributed by atoms with Gasteiger partial charge in [-0.25, -0.2) is 15.0 Å². The molecule has 3 aromatic rings. The van der Waals surface area contributed by atoms with Crippen LogP contribution in [-0.4, -0.2) is 56.5 Å². The normalized spacial score (nSPS) is 26.4. The summed E-state index contributed by atoms with van der Waals surface area (Å²) in [4.78, 5) is 30.4. The van der Waals surface area contributed by atoms with Crippen LogP contribution in [0.3, 0.4) is 0 Å². The third-order valence-corrected chi connectivity index (χ3v) is 7.55. The van der Waals surface area contributed by atoms with E-state index in [4.69, 9.17) is 19.4 Å². The summed E-state index contributed by atoms with van der Waals surface area (Å²) in [6.45, 7) is 7.70. The van der Waals surface area contributed by atoms with Gasteiger partial charge >= 0.3 is 0 Å². The SMILES string of the molecule is CSc1nc(C)c(-c2nc3c(C)nccc3s2)c(NC2CC(C=O)[C@H]3OC(C)(C)O[C@@H]23)n1. The highest BCUT2D eigenvalue weighted by atomic mass is 32.2. The maximum absolute atomic E-state index is 11.7. The Bertz CT molecular complexity index is 1200. The number of nitrogens with zero attached hydrogens (tertiary/aromatic N) is 4. The number of ether oxygens (including phenoxy) is 2. The van der Waals surface area contributed by atoms with Crippen LogP contribution in [-0.2, 0) is 14.3 Å². The average molecular weight is 472 g/mol. The third-order valence-electron chi connectivity index (χ3n) is 5.96. The minimum absolute atomic E-state index is 0.113. The fourth-order valence-corrected chi connectivity index (χ4v) is 6.08. The minimum atomic E-state index is -0.719. The summed E-state index contributed by atoms with van der Waals surface area (Å²) in [5, 5.41) is 5.10. The van der Waals surface area contributed by atoms with Crippen LogP contribution in [0.15, 0.2) is 17.4 Å². The second kappa shape index (κ2) is 8.02. The summed E-state index contributed by atoms with van der Waals surface area (Å²) < 4.78 is 13.3. The fourth-order valence-electron chi connectivity index (χ4n) is 4.56. The number of rotatable bonds is 5. The van der Waals surface area contributed by atoms with Crippen molar-refractivity contribution in [1.82, 2.24) is 19.9 Å². The Morgan fingerprint density at radius 2 is 1.97 bits per heavy atom. The molecule has 1 aliphatic heterocycles. The van der Waals surface area contributed by atoms with Gasteiger partial charge in [0.1, 0.15) is 28.7 Å². The third kappa shape index (κ3) is 3.68. The lowest BCUT2D eigenvalue weighted by Gasteiger charge is -2.24. The minimum Gasteiger partial charge on any atom is -0.364 e. The number of anilines is 1. The van der Waals surface area contributed by atoms with Crippen molar-refractivity contribution in [2.24, 2.45) is 5.92 Å². The van der Waals surface area contributed by atoms with Gasteiger partial charge in [-0.05, 0) is 46.4 Å². The molecule has 2 aliphatic rings. The zero-order valence-electron chi connectivity index (χ0n) is 18.6. The Hall–Kier alpha value is -2.14. The van der Waals surface area contributed by atoms with Gasteiger partial charge < -0.3 is 19.6 Å². The molecule has 1 saturated heterocycles. The number of pyridine rings is 1. The number of carbonyl (C=O) groups is 1. The number of fused-ring (bicyclic) bond motifs is 2. The highest BCUT2D eigenvalue weighted by Gasteiger charge is 2.54. The Labute approximate surface area is 194 Å². The predicted molar refractivity (Wildman–Crippen MR) is 125 cm³/mol. The fraction of sp³-hybridized carbons (Fsp3) is 0.500. The maximum Gasteiger partial charge on any atom is 0.189 e. The van der Waals surface area contributed by atoms with Crippen LogP contribution in [0.4, 0.5) is 5.82 Å². The van der Waals surface area contributed by atoms with Crippen LogP contribution >= 0.6 is 23.1 Å². The molecule has 1 aliphatic carbocycles. The maximum atomic E-state index is 11.7. The highest BCUT2D eigenvalue weighted by Crippen LogP contribution is 2.43. The molecule has 2 fully saturated rings. The number of aryl methyl sites for hydroxylation is 2. The average Bonchev–Trinajstić information content (AvgIpc) is 3.39. The molecule has 32 heavy (non-hydrogen) atoms. The molecule has 0 spiro atoms. The smallest absolute Gasteiger partial charge is 0.189 e. The van der Waals surface area contributed by atoms with Crippen molar-refractivity contribution in [2.45, 2.75) is 63.3 Å². The first-order chi connectivity index (χ1) is 15.3. The van der Waals surface area contributed by atoms with Crippen molar-refractivity contribution in [3.8, 4) is 10.6 Å². The molecule has 0 amide bonds. The first kappa shape index (κ1) is 21.7. The molecule has 2 unspecified atom stereocenters. The molecule has 4 atom stereocenters. The number of carbonyl (C=O) groups excluding carboxylic acids is 1. The largest absolute Gasteiger partial charge is 0.364 e. The number of aromatic nitrogens is 4. The van der Waals surface area contributed by atoms with E-state index in [-0.39, 0.29) is 24.2 Å². The van der Waals surface area contributed by atoms with E-state index in [1.165, 1.54) is 11.8 Å². The zero-order chi connectivity index (χ0) is 22.6. The van der Waals surface area contributed by atoms with Gasteiger partial charge in [-0.2, -0.15) is 0 Å². The molecular formula is C22H25N5O3S2. The molecule has 0 bridgehead atoms. The monoisotopic (exact) mass is 471 g/mol. The number of thioether (sulfide) groups is 1. The molecule has 10 heteroatoms. The van der Waals surface area contributed by atoms with Crippen LogP contribution in [0.25, 0.3) is 20.8 Å². The van der Waals surface area contributed by atoms with Crippen molar-refractivity contribution >= 4 is 45.4 Å². The van der Waals surface area contributed by atoms with Crippen LogP contribution < -0.4 is 5.32 Å². The molecule has 168 valence electrons. The van der Waals surface area contributed by atoms with Crippen molar-refractivity contribution in [3.05, 3.63) is 23.7 Å². The summed E-state index contributed by atoms with van der Waals surface area (Å²) >= 11 is 3.09. The van der Waals surface area contributed by atoms with Gasteiger partial charge in [0.2, 0.25) is 0 Å². The van der Waals surface area contributed by atoms with Gasteiger partial charge in [-0.1, -0.05) is 11.8 Å². The topological polar surface area (TPSA) is 99.1 Å². The molecule has 1 saturated carbocycles. The van der Waals surface area contributed by atoms with Gasteiger partial charge in [-0.3, -0.25) is 4.98 Å². The van der Waals surface area contributed by atoms with Crippen molar-refractivity contribution in [1.29, 1.82) is 0 Å². The Balaban J connectivity index is 1.57. The molecule has 1 N–H and O–H groups in total. The lowest BCUT2D eigenvalue weighted by Crippen LogP contribution is -2.35. The van der Waals surface area contributed by atoms with Crippen LogP contribution in [0.5, 0.6) is 0 Å². The van der Waals surface area contributed by atoms with E-state index in [0.717, 1.165) is 38.5 Å². The van der Waals surface area contributed by atoms with E-state index < -0.39 is 5.79 Å². The van der Waals surface area contributed by atoms with Crippen LogP contribution in [0.2, 0.25) is 0 Å². The van der Waals surface area contributed by atoms with E-state index in [1.807, 2.05) is 40.0 Å². The number of aldehydes is 1. The van der Waals surface area contributed by atoms with E-state index in [1.54, 1.807) is 17.5 Å². The van der Waals surface area contributed by atoms with E-state index in [9.17, 15) is 4.79 Å². The highest BCUT2D eigenvalue weighted by molar-refractivity contribution is 7.98. The van der Waals surface area contributed by atoms with Gasteiger partial charge in [0.05, 0.1) is 33.8 Å². The standard InChI is InChI=1S/C22H25N5O3S2/c1-10-15(20-26-16-11(2)23-7-6-14(16)32-20)19(27-21(24-10)31-5)25-13-8-12(9-28)17-18(13)30-22(3,4)29-17/h6-7,9,12-13,17-18H,8H2,1-5H3,(H,24,25,27)/t12?,13?,17-,18+/m1/s1. The lowest BCUT2D eigenvalue weighted by atomic mass is 10.1. The molecule has 0 radical (unpaired) electrons. The molecule has 8 nitrogen and oxygen atoms in total. The molecule has 4 heterocycles. The predicted octanol–water partition coefficient (Wildman–Crippen LogP) is 4.01. The van der Waals surface area contributed by atoms with Gasteiger partial charge in [0.15, 0.2) is 10.9 Å². The van der Waals surface area contributed by atoms with Crippen molar-refractivity contribution in [2.75, 3.05) is 11.6 Å². The molecule has 3 aromatic heterocycles. The summed E-state index contributed by atoms with van der Waals surface area (Å²) in [5.41, 5.74) is 3.50. The summed E-state index contributed by atoms with van der Waals surface area (Å²) in [6.07, 6.45) is 4.86. The first-order valence-corrected chi connectivity index (χ1v) is 12.6. The van der Waals surface area contributed by atoms with Gasteiger partial charge in [-0.15, -0.1) is 11.3 Å². The Morgan fingerprint density at radius 3 is 2.69 bits per heavy atom. The Kier molecular flexibility index (Phi) is 5.43. The number of nitrogens with one attached hydrogen (secondary N) is 1. The number of thiazole rings is 1. The second-order valence-corrected chi connectivity index (χ2v) is 10.4.